The average molecular weight is 708 g/mol. The van der Waals surface area contributed by atoms with Crippen LogP contribution in [0.25, 0.3) is 93.9 Å². The van der Waals surface area contributed by atoms with Crippen LogP contribution in [0.3, 0.4) is 0 Å². The van der Waals surface area contributed by atoms with Crippen LogP contribution in [0.15, 0.2) is 189 Å². The van der Waals surface area contributed by atoms with Gasteiger partial charge >= 0.3 is 0 Å². The molecule has 0 saturated carbocycles. The monoisotopic (exact) mass is 707 g/mol. The first-order valence-corrected chi connectivity index (χ1v) is 18.4. The Hall–Kier alpha value is -7.57. The Morgan fingerprint density at radius 2 is 1.15 bits per heavy atom. The van der Waals surface area contributed by atoms with Gasteiger partial charge in [-0.15, -0.1) is 0 Å². The Morgan fingerprint density at radius 1 is 0.436 bits per heavy atom. The number of hydrogen-bond acceptors (Lipinski definition) is 5. The number of rotatable bonds is 5. The zero-order valence-corrected chi connectivity index (χ0v) is 29.3. The van der Waals surface area contributed by atoms with Gasteiger partial charge in [-0.05, 0) is 78.9 Å². The van der Waals surface area contributed by atoms with Gasteiger partial charge in [-0.1, -0.05) is 91.0 Å². The normalized spacial score (nSPS) is 12.0. The molecule has 0 aliphatic rings. The standard InChI is InChI=1S/C49H29N3O3/c1-3-13-30(14-4-1)49-50-38-29-45-37(28-46(38)55-49)34-19-11-22-42(48(34)54-45)52(41-21-12-24-44-47(41)35-18-8-10-23-43(35)53-44)32-25-26-40-36(27-32)33-17-7-9-20-39(33)51(40)31-15-5-2-6-16-31/h1-29H. The lowest BCUT2D eigenvalue weighted by atomic mass is 10.1. The third kappa shape index (κ3) is 4.46. The number of para-hydroxylation sites is 4. The lowest BCUT2D eigenvalue weighted by Gasteiger charge is -2.26. The summed E-state index contributed by atoms with van der Waals surface area (Å²) >= 11 is 0. The molecule has 4 aromatic heterocycles. The van der Waals surface area contributed by atoms with Gasteiger partial charge in [-0.2, -0.15) is 0 Å². The van der Waals surface area contributed by atoms with Gasteiger partial charge in [0, 0.05) is 49.9 Å². The van der Waals surface area contributed by atoms with E-state index >= 15 is 0 Å². The van der Waals surface area contributed by atoms with E-state index in [0.717, 1.165) is 94.1 Å². The smallest absolute Gasteiger partial charge is 0.227 e. The first kappa shape index (κ1) is 29.9. The molecule has 0 saturated heterocycles. The van der Waals surface area contributed by atoms with Crippen molar-refractivity contribution in [2.24, 2.45) is 0 Å². The third-order valence-electron chi connectivity index (χ3n) is 10.8. The fourth-order valence-electron chi connectivity index (χ4n) is 8.39. The maximum absolute atomic E-state index is 6.88. The molecule has 0 radical (unpaired) electrons. The van der Waals surface area contributed by atoms with Gasteiger partial charge in [-0.3, -0.25) is 0 Å². The second kappa shape index (κ2) is 11.5. The topological polar surface area (TPSA) is 60.5 Å². The SMILES string of the molecule is c1ccc(-c2nc3cc4oc5c(N(c6ccc7c(c6)c6ccccc6n7-c6ccccc6)c6cccc7oc8ccccc8c67)cccc5c4cc3o2)cc1. The number of hydrogen-bond donors (Lipinski definition) is 0. The summed E-state index contributed by atoms with van der Waals surface area (Å²) in [6.07, 6.45) is 0. The largest absolute Gasteiger partial charge is 0.456 e. The van der Waals surface area contributed by atoms with Crippen LogP contribution in [0.5, 0.6) is 0 Å². The van der Waals surface area contributed by atoms with E-state index in [1.165, 1.54) is 5.39 Å². The quantitative estimate of drug-likeness (QED) is 0.178. The molecule has 0 aliphatic carbocycles. The van der Waals surface area contributed by atoms with Crippen molar-refractivity contribution in [2.75, 3.05) is 4.90 Å². The molecule has 4 heterocycles. The van der Waals surface area contributed by atoms with Crippen LogP contribution in [-0.4, -0.2) is 9.55 Å². The number of anilines is 3. The van der Waals surface area contributed by atoms with E-state index < -0.39 is 0 Å². The summed E-state index contributed by atoms with van der Waals surface area (Å²) in [6.45, 7) is 0. The molecular weight excluding hydrogens is 679 g/mol. The molecule has 0 atom stereocenters. The van der Waals surface area contributed by atoms with Crippen LogP contribution >= 0.6 is 0 Å². The van der Waals surface area contributed by atoms with Crippen LogP contribution in [-0.2, 0) is 0 Å². The summed E-state index contributed by atoms with van der Waals surface area (Å²) in [6, 6.07) is 60.8. The lowest BCUT2D eigenvalue weighted by molar-refractivity contribution is 0.620. The van der Waals surface area contributed by atoms with Crippen LogP contribution < -0.4 is 4.90 Å². The Bertz CT molecular complexity index is 3440. The van der Waals surface area contributed by atoms with Crippen molar-refractivity contribution in [2.45, 2.75) is 0 Å². The fraction of sp³-hybridized carbons (Fsp3) is 0. The molecule has 6 nitrogen and oxygen atoms in total. The van der Waals surface area contributed by atoms with Gasteiger partial charge < -0.3 is 22.7 Å². The van der Waals surface area contributed by atoms with E-state index in [4.69, 9.17) is 18.2 Å². The van der Waals surface area contributed by atoms with Crippen LogP contribution in [0.2, 0.25) is 0 Å². The van der Waals surface area contributed by atoms with Crippen molar-refractivity contribution >= 4 is 93.8 Å². The highest BCUT2D eigenvalue weighted by Crippen LogP contribution is 2.48. The maximum Gasteiger partial charge on any atom is 0.227 e. The summed E-state index contributed by atoms with van der Waals surface area (Å²) in [7, 11) is 0. The summed E-state index contributed by atoms with van der Waals surface area (Å²) in [4.78, 5) is 7.16. The first-order valence-electron chi connectivity index (χ1n) is 18.4. The minimum absolute atomic E-state index is 0.587. The molecular formula is C49H29N3O3. The average Bonchev–Trinajstić information content (AvgIpc) is 4.01. The van der Waals surface area contributed by atoms with Gasteiger partial charge in [0.25, 0.3) is 0 Å². The Balaban J connectivity index is 1.13. The summed E-state index contributed by atoms with van der Waals surface area (Å²) in [5.74, 6) is 0.587. The van der Waals surface area contributed by atoms with Crippen molar-refractivity contribution in [3.63, 3.8) is 0 Å². The van der Waals surface area contributed by atoms with Gasteiger partial charge in [0.05, 0.1) is 27.8 Å². The minimum Gasteiger partial charge on any atom is -0.456 e. The van der Waals surface area contributed by atoms with E-state index in [9.17, 15) is 0 Å². The van der Waals surface area contributed by atoms with Crippen LogP contribution in [0.4, 0.5) is 17.1 Å². The second-order valence-corrected chi connectivity index (χ2v) is 13.9. The zero-order chi connectivity index (χ0) is 36.0. The summed E-state index contributed by atoms with van der Waals surface area (Å²) in [5, 5.41) is 6.38. The van der Waals surface area contributed by atoms with Crippen LogP contribution in [0.1, 0.15) is 0 Å². The van der Waals surface area contributed by atoms with Gasteiger partial charge in [0.2, 0.25) is 5.89 Å². The van der Waals surface area contributed by atoms with Gasteiger partial charge in [0.15, 0.2) is 11.2 Å². The number of aromatic nitrogens is 2. The first-order chi connectivity index (χ1) is 27.3. The Labute approximate surface area is 313 Å². The number of benzene rings is 8. The molecule has 0 bridgehead atoms. The van der Waals surface area contributed by atoms with E-state index in [1.807, 2.05) is 54.6 Å². The fourth-order valence-corrected chi connectivity index (χ4v) is 8.39. The molecule has 0 fully saturated rings. The lowest BCUT2D eigenvalue weighted by Crippen LogP contribution is -2.10. The number of furan rings is 2. The van der Waals surface area contributed by atoms with E-state index in [2.05, 4.69) is 131 Å². The number of nitrogens with zero attached hydrogens (tertiary/aromatic N) is 3. The molecule has 0 N–H and O–H groups in total. The van der Waals surface area contributed by atoms with Crippen LogP contribution in [0, 0.1) is 0 Å². The van der Waals surface area contributed by atoms with Crippen molar-refractivity contribution < 1.29 is 13.3 Å². The zero-order valence-electron chi connectivity index (χ0n) is 29.3. The van der Waals surface area contributed by atoms with Crippen molar-refractivity contribution in [3.05, 3.63) is 176 Å². The number of oxazole rings is 1. The summed E-state index contributed by atoms with van der Waals surface area (Å²) in [5.41, 5.74) is 11.9. The van der Waals surface area contributed by atoms with Crippen molar-refractivity contribution in [1.82, 2.24) is 9.55 Å². The highest BCUT2D eigenvalue weighted by molar-refractivity contribution is 6.18. The number of fused-ring (bicyclic) bond motifs is 10. The molecule has 12 aromatic rings. The highest BCUT2D eigenvalue weighted by Gasteiger charge is 2.25. The molecule has 0 amide bonds. The molecule has 6 heteroatoms. The molecule has 0 aliphatic heterocycles. The third-order valence-corrected chi connectivity index (χ3v) is 10.8. The Kier molecular flexibility index (Phi) is 6.24. The predicted molar refractivity (Wildman–Crippen MR) is 223 cm³/mol. The molecule has 55 heavy (non-hydrogen) atoms. The summed E-state index contributed by atoms with van der Waals surface area (Å²) < 4.78 is 22.0. The Morgan fingerprint density at radius 3 is 2.04 bits per heavy atom. The second-order valence-electron chi connectivity index (χ2n) is 13.9. The van der Waals surface area contributed by atoms with E-state index in [0.29, 0.717) is 11.5 Å². The van der Waals surface area contributed by atoms with E-state index in [1.54, 1.807) is 0 Å². The molecule has 12 rings (SSSR count). The molecule has 258 valence electrons. The minimum atomic E-state index is 0.587. The molecule has 0 unspecified atom stereocenters. The molecule has 8 aromatic carbocycles. The maximum atomic E-state index is 6.88. The predicted octanol–water partition coefficient (Wildman–Crippen LogP) is 13.9. The van der Waals surface area contributed by atoms with Gasteiger partial charge in [-0.25, -0.2) is 4.98 Å². The molecule has 0 spiro atoms. The van der Waals surface area contributed by atoms with Crippen molar-refractivity contribution in [1.29, 1.82) is 0 Å². The highest BCUT2D eigenvalue weighted by atomic mass is 16.4. The van der Waals surface area contributed by atoms with Gasteiger partial charge in [0.1, 0.15) is 22.3 Å². The van der Waals surface area contributed by atoms with E-state index in [-0.39, 0.29) is 0 Å². The van der Waals surface area contributed by atoms with Crippen molar-refractivity contribution in [3.8, 4) is 17.1 Å².